The molecule has 0 fully saturated rings. The van der Waals surface area contributed by atoms with E-state index in [1.807, 2.05) is 0 Å². The number of furan rings is 1. The Morgan fingerprint density at radius 3 is 2.03 bits per heavy atom. The second kappa shape index (κ2) is 8.89. The molecule has 11 heteroatoms. The molecule has 2 aromatic carbocycles. The Bertz CT molecular complexity index is 1140. The molecule has 0 radical (unpaired) electrons. The van der Waals surface area contributed by atoms with Crippen LogP contribution < -0.4 is 23.5 Å². The third-order valence-corrected chi connectivity index (χ3v) is 5.36. The fourth-order valence-electron chi connectivity index (χ4n) is 3.00. The first-order valence-electron chi connectivity index (χ1n) is 8.81. The van der Waals surface area contributed by atoms with E-state index in [1.54, 1.807) is 6.07 Å². The topological polar surface area (TPSA) is 123 Å². The molecule has 0 bridgehead atoms. The van der Waals surface area contributed by atoms with Crippen LogP contribution in [0.3, 0.4) is 0 Å². The van der Waals surface area contributed by atoms with Crippen molar-refractivity contribution in [1.82, 2.24) is 0 Å². The number of phosphoric ester groups is 1. The van der Waals surface area contributed by atoms with Crippen molar-refractivity contribution < 1.29 is 46.7 Å². The van der Waals surface area contributed by atoms with Gasteiger partial charge in [0.25, 0.3) is 0 Å². The van der Waals surface area contributed by atoms with E-state index in [0.717, 1.165) is 7.11 Å². The molecule has 0 aliphatic carbocycles. The second-order valence-electron chi connectivity index (χ2n) is 6.11. The fourth-order valence-corrected chi connectivity index (χ4v) is 3.48. The van der Waals surface area contributed by atoms with E-state index in [0.29, 0.717) is 22.6 Å². The van der Waals surface area contributed by atoms with Crippen LogP contribution in [-0.4, -0.2) is 46.2 Å². The molecular formula is C20H21O10P. The normalized spacial score (nSPS) is 12.8. The van der Waals surface area contributed by atoms with Gasteiger partial charge in [-0.3, -0.25) is 14.2 Å². The van der Waals surface area contributed by atoms with Gasteiger partial charge in [-0.05, 0) is 24.3 Å². The maximum Gasteiger partial charge on any atom is 0.527 e. The molecule has 1 heterocycles. The van der Waals surface area contributed by atoms with Crippen LogP contribution in [-0.2, 0) is 9.09 Å². The maximum atomic E-state index is 13.3. The van der Waals surface area contributed by atoms with Crippen LogP contribution in [0.4, 0.5) is 0 Å². The summed E-state index contributed by atoms with van der Waals surface area (Å²) in [6.07, 6.45) is 1.22. The summed E-state index contributed by atoms with van der Waals surface area (Å²) >= 11 is 0. The molecule has 0 saturated carbocycles. The SMILES string of the molecule is COc1cc(C(=O)c2coc3c(OP(=O)(O)OC)c(OC)ccc23)cc(OC)c1OC. The molecule has 0 spiro atoms. The summed E-state index contributed by atoms with van der Waals surface area (Å²) in [5.41, 5.74) is 0.476. The Balaban J connectivity index is 2.14. The van der Waals surface area contributed by atoms with Crippen LogP contribution in [0.1, 0.15) is 15.9 Å². The van der Waals surface area contributed by atoms with Gasteiger partial charge in [0.2, 0.25) is 11.5 Å². The summed E-state index contributed by atoms with van der Waals surface area (Å²) in [4.78, 5) is 23.0. The number of methoxy groups -OCH3 is 4. The summed E-state index contributed by atoms with van der Waals surface area (Å²) in [7, 11) is 2.31. The summed E-state index contributed by atoms with van der Waals surface area (Å²) in [6.45, 7) is 0. The van der Waals surface area contributed by atoms with E-state index in [4.69, 9.17) is 27.9 Å². The molecule has 0 saturated heterocycles. The van der Waals surface area contributed by atoms with Gasteiger partial charge in [0.15, 0.2) is 28.6 Å². The Morgan fingerprint density at radius 2 is 1.52 bits per heavy atom. The molecule has 1 atom stereocenters. The van der Waals surface area contributed by atoms with E-state index in [1.165, 1.54) is 52.9 Å². The van der Waals surface area contributed by atoms with Gasteiger partial charge in [-0.25, -0.2) is 4.57 Å². The number of fused-ring (bicyclic) bond motifs is 1. The Hall–Kier alpha value is -3.20. The van der Waals surface area contributed by atoms with E-state index in [-0.39, 0.29) is 28.2 Å². The van der Waals surface area contributed by atoms with Gasteiger partial charge in [-0.15, -0.1) is 0 Å². The minimum Gasteiger partial charge on any atom is -0.493 e. The number of carbonyl (C=O) groups is 1. The number of rotatable bonds is 9. The van der Waals surface area contributed by atoms with Gasteiger partial charge < -0.3 is 27.9 Å². The van der Waals surface area contributed by atoms with Crippen molar-refractivity contribution in [3.05, 3.63) is 41.7 Å². The highest BCUT2D eigenvalue weighted by atomic mass is 31.2. The van der Waals surface area contributed by atoms with Crippen LogP contribution in [0, 0.1) is 0 Å². The molecule has 1 N–H and O–H groups in total. The second-order valence-corrected chi connectivity index (χ2v) is 7.59. The molecule has 3 aromatic rings. The lowest BCUT2D eigenvalue weighted by atomic mass is 10.0. The van der Waals surface area contributed by atoms with Gasteiger partial charge in [0, 0.05) is 18.1 Å². The first-order valence-corrected chi connectivity index (χ1v) is 10.3. The first-order chi connectivity index (χ1) is 14.8. The van der Waals surface area contributed by atoms with Crippen molar-refractivity contribution in [2.45, 2.75) is 0 Å². The highest BCUT2D eigenvalue weighted by molar-refractivity contribution is 7.47. The molecule has 0 aliphatic heterocycles. The van der Waals surface area contributed by atoms with Crippen molar-refractivity contribution in [3.63, 3.8) is 0 Å². The van der Waals surface area contributed by atoms with Crippen LogP contribution >= 0.6 is 7.82 Å². The highest BCUT2D eigenvalue weighted by Crippen LogP contribution is 2.49. The Kier molecular flexibility index (Phi) is 6.45. The number of hydrogen-bond acceptors (Lipinski definition) is 9. The minimum atomic E-state index is -4.41. The molecule has 166 valence electrons. The molecular weight excluding hydrogens is 431 g/mol. The summed E-state index contributed by atoms with van der Waals surface area (Å²) in [5, 5.41) is 0.339. The zero-order chi connectivity index (χ0) is 22.8. The van der Waals surface area contributed by atoms with E-state index < -0.39 is 13.6 Å². The van der Waals surface area contributed by atoms with Gasteiger partial charge in [0.1, 0.15) is 6.26 Å². The predicted molar refractivity (Wildman–Crippen MR) is 110 cm³/mol. The third kappa shape index (κ3) is 4.18. The highest BCUT2D eigenvalue weighted by Gasteiger charge is 2.28. The summed E-state index contributed by atoms with van der Waals surface area (Å²) in [6, 6.07) is 6.08. The number of ether oxygens (including phenoxy) is 4. The lowest BCUT2D eigenvalue weighted by Crippen LogP contribution is -2.04. The standard InChI is InChI=1S/C20H21O10P/c1-24-14-7-6-12-13(10-29-18(12)20(14)30-31(22,23)28-5)17(21)11-8-15(25-2)19(27-4)16(9-11)26-3/h6-10H,1-5H3,(H,22,23). The fraction of sp³-hybridized carbons (Fsp3) is 0.250. The maximum absolute atomic E-state index is 13.3. The molecule has 3 rings (SSSR count). The smallest absolute Gasteiger partial charge is 0.493 e. The van der Waals surface area contributed by atoms with Gasteiger partial charge >= 0.3 is 7.82 Å². The Labute approximate surface area is 177 Å². The minimum absolute atomic E-state index is 0.0430. The molecule has 1 unspecified atom stereocenters. The summed E-state index contributed by atoms with van der Waals surface area (Å²) in [5.74, 6) is 0.511. The molecule has 1 aromatic heterocycles. The third-order valence-electron chi connectivity index (χ3n) is 4.49. The lowest BCUT2D eigenvalue weighted by molar-refractivity contribution is 0.103. The lowest BCUT2D eigenvalue weighted by Gasteiger charge is -2.14. The van der Waals surface area contributed by atoms with E-state index in [2.05, 4.69) is 4.52 Å². The van der Waals surface area contributed by atoms with Gasteiger partial charge in [-0.1, -0.05) is 0 Å². The van der Waals surface area contributed by atoms with Crippen LogP contribution in [0.15, 0.2) is 34.9 Å². The van der Waals surface area contributed by atoms with Gasteiger partial charge in [0.05, 0.1) is 34.0 Å². The monoisotopic (exact) mass is 452 g/mol. The van der Waals surface area contributed by atoms with E-state index in [9.17, 15) is 14.3 Å². The zero-order valence-corrected chi connectivity index (χ0v) is 18.3. The van der Waals surface area contributed by atoms with Crippen molar-refractivity contribution in [2.24, 2.45) is 0 Å². The number of benzene rings is 2. The molecule has 31 heavy (non-hydrogen) atoms. The van der Waals surface area contributed by atoms with Crippen molar-refractivity contribution in [2.75, 3.05) is 35.5 Å². The average molecular weight is 452 g/mol. The largest absolute Gasteiger partial charge is 0.527 e. The van der Waals surface area contributed by atoms with Crippen molar-refractivity contribution in [3.8, 4) is 28.7 Å². The van der Waals surface area contributed by atoms with Crippen molar-refractivity contribution in [1.29, 1.82) is 0 Å². The predicted octanol–water partition coefficient (Wildman–Crippen LogP) is 3.82. The van der Waals surface area contributed by atoms with Crippen LogP contribution in [0.2, 0.25) is 0 Å². The number of carbonyl (C=O) groups excluding carboxylic acids is 1. The van der Waals surface area contributed by atoms with E-state index >= 15 is 0 Å². The zero-order valence-electron chi connectivity index (χ0n) is 17.5. The molecule has 0 aliphatic rings. The van der Waals surface area contributed by atoms with Crippen LogP contribution in [0.25, 0.3) is 11.0 Å². The quantitative estimate of drug-likeness (QED) is 0.378. The number of phosphoric acid groups is 1. The number of ketones is 1. The number of hydrogen-bond donors (Lipinski definition) is 1. The molecule has 0 amide bonds. The Morgan fingerprint density at radius 1 is 0.903 bits per heavy atom. The average Bonchev–Trinajstić information content (AvgIpc) is 3.22. The first kappa shape index (κ1) is 22.5. The molecule has 10 nitrogen and oxygen atoms in total. The van der Waals surface area contributed by atoms with Crippen LogP contribution in [0.5, 0.6) is 28.7 Å². The van der Waals surface area contributed by atoms with Gasteiger partial charge in [-0.2, -0.15) is 0 Å². The summed E-state index contributed by atoms with van der Waals surface area (Å²) < 4.78 is 48.1. The van der Waals surface area contributed by atoms with Crippen molar-refractivity contribution >= 4 is 24.6 Å².